The summed E-state index contributed by atoms with van der Waals surface area (Å²) in [6.07, 6.45) is 4.40. The van der Waals surface area contributed by atoms with Gasteiger partial charge < -0.3 is 19.9 Å². The Hall–Kier alpha value is -2.30. The first-order chi connectivity index (χ1) is 14.1. The molecule has 2 heterocycles. The number of ether oxygens (including phenoxy) is 1. The summed E-state index contributed by atoms with van der Waals surface area (Å²) in [4.78, 5) is 21.1. The number of piperazine rings is 1. The number of aromatic nitrogens is 2. The van der Waals surface area contributed by atoms with Crippen molar-refractivity contribution >= 4 is 41.5 Å². The average molecular weight is 526 g/mol. The zero-order chi connectivity index (χ0) is 20.6. The fraction of sp³-hybridized carbons (Fsp3) is 0.476. The fourth-order valence-corrected chi connectivity index (χ4v) is 3.25. The first-order valence-corrected chi connectivity index (χ1v) is 10.1. The molecule has 9 heteroatoms. The van der Waals surface area contributed by atoms with Crippen molar-refractivity contribution in [1.82, 2.24) is 20.0 Å². The van der Waals surface area contributed by atoms with E-state index in [2.05, 4.69) is 10.4 Å². The third-order valence-electron chi connectivity index (χ3n) is 4.77. The summed E-state index contributed by atoms with van der Waals surface area (Å²) in [5, 5.41) is 7.45. The van der Waals surface area contributed by atoms with Crippen molar-refractivity contribution in [3.05, 3.63) is 42.2 Å². The summed E-state index contributed by atoms with van der Waals surface area (Å²) in [7, 11) is 1.85. The van der Waals surface area contributed by atoms with Crippen LogP contribution >= 0.6 is 24.0 Å². The number of carbonyl (C=O) groups excluding carboxylic acids is 1. The number of rotatable bonds is 7. The predicted molar refractivity (Wildman–Crippen MR) is 130 cm³/mol. The number of para-hydroxylation sites is 1. The zero-order valence-electron chi connectivity index (χ0n) is 17.9. The van der Waals surface area contributed by atoms with Crippen LogP contribution in [0.3, 0.4) is 0 Å². The Morgan fingerprint density at radius 3 is 2.77 bits per heavy atom. The van der Waals surface area contributed by atoms with E-state index in [1.54, 1.807) is 15.8 Å². The lowest BCUT2D eigenvalue weighted by atomic mass is 10.2. The minimum atomic E-state index is 0. The molecule has 30 heavy (non-hydrogen) atoms. The molecule has 0 aliphatic carbocycles. The Morgan fingerprint density at radius 2 is 2.10 bits per heavy atom. The van der Waals surface area contributed by atoms with Crippen LogP contribution in [-0.4, -0.2) is 65.9 Å². The van der Waals surface area contributed by atoms with E-state index in [4.69, 9.17) is 9.73 Å². The van der Waals surface area contributed by atoms with Gasteiger partial charge in [-0.05, 0) is 25.5 Å². The van der Waals surface area contributed by atoms with Gasteiger partial charge in [0.15, 0.2) is 5.96 Å². The van der Waals surface area contributed by atoms with Gasteiger partial charge in [0, 0.05) is 45.8 Å². The second-order valence-electron chi connectivity index (χ2n) is 7.04. The first kappa shape index (κ1) is 24.0. The molecule has 1 saturated heterocycles. The van der Waals surface area contributed by atoms with Gasteiger partial charge in [0.25, 0.3) is 0 Å². The molecule has 1 aliphatic rings. The lowest BCUT2D eigenvalue weighted by molar-refractivity contribution is -0.120. The molecular formula is C21H31IN6O2. The lowest BCUT2D eigenvalue weighted by Gasteiger charge is -2.35. The van der Waals surface area contributed by atoms with Crippen LogP contribution in [0, 0.1) is 6.92 Å². The molecule has 1 amide bonds. The standard InChI is InChI=1S/C21H30N6O2.HI/c1-4-22-21(23-10-7-13-29-19-9-6-5-8-17(19)2)26-11-12-27(20(28)16-26)18-14-24-25(3)15-18;/h5-6,8-9,14-15H,4,7,10-13,16H2,1-3H3,(H,22,23);1H. The van der Waals surface area contributed by atoms with Crippen LogP contribution in [0.25, 0.3) is 0 Å². The highest BCUT2D eigenvalue weighted by atomic mass is 127. The van der Waals surface area contributed by atoms with Crippen molar-refractivity contribution < 1.29 is 9.53 Å². The molecule has 0 radical (unpaired) electrons. The molecule has 0 atom stereocenters. The maximum absolute atomic E-state index is 12.6. The van der Waals surface area contributed by atoms with Crippen molar-refractivity contribution in [3.63, 3.8) is 0 Å². The molecule has 1 aliphatic heterocycles. The Kier molecular flexibility index (Phi) is 9.41. The van der Waals surface area contributed by atoms with E-state index in [9.17, 15) is 4.79 Å². The summed E-state index contributed by atoms with van der Waals surface area (Å²) in [6.45, 7) is 7.74. The predicted octanol–water partition coefficient (Wildman–Crippen LogP) is 2.43. The Balaban J connectivity index is 0.00000320. The minimum absolute atomic E-state index is 0. The van der Waals surface area contributed by atoms with Gasteiger partial charge in [-0.2, -0.15) is 5.10 Å². The largest absolute Gasteiger partial charge is 0.493 e. The van der Waals surface area contributed by atoms with Gasteiger partial charge in [-0.15, -0.1) is 24.0 Å². The van der Waals surface area contributed by atoms with Crippen LogP contribution in [0.2, 0.25) is 0 Å². The number of nitrogens with one attached hydrogen (secondary N) is 1. The van der Waals surface area contributed by atoms with E-state index in [1.165, 1.54) is 0 Å². The quantitative estimate of drug-likeness (QED) is 0.260. The molecule has 3 rings (SSSR count). The second kappa shape index (κ2) is 11.8. The summed E-state index contributed by atoms with van der Waals surface area (Å²) < 4.78 is 7.54. The number of aliphatic imine (C=N–C) groups is 1. The van der Waals surface area contributed by atoms with E-state index in [0.29, 0.717) is 26.2 Å². The Bertz CT molecular complexity index is 854. The highest BCUT2D eigenvalue weighted by Crippen LogP contribution is 2.17. The third kappa shape index (κ3) is 6.35. The summed E-state index contributed by atoms with van der Waals surface area (Å²) in [5.74, 6) is 1.75. The summed E-state index contributed by atoms with van der Waals surface area (Å²) in [5.41, 5.74) is 1.97. The molecule has 164 valence electrons. The van der Waals surface area contributed by atoms with Crippen LogP contribution in [-0.2, 0) is 11.8 Å². The van der Waals surface area contributed by atoms with Gasteiger partial charge in [-0.3, -0.25) is 14.5 Å². The van der Waals surface area contributed by atoms with Crippen molar-refractivity contribution in [1.29, 1.82) is 0 Å². The van der Waals surface area contributed by atoms with Crippen LogP contribution in [0.5, 0.6) is 5.75 Å². The van der Waals surface area contributed by atoms with Crippen LogP contribution in [0.15, 0.2) is 41.7 Å². The third-order valence-corrected chi connectivity index (χ3v) is 4.77. The monoisotopic (exact) mass is 526 g/mol. The number of carbonyl (C=O) groups is 1. The first-order valence-electron chi connectivity index (χ1n) is 10.1. The molecule has 1 fully saturated rings. The number of halogens is 1. The van der Waals surface area contributed by atoms with Crippen molar-refractivity contribution in [2.45, 2.75) is 20.3 Å². The van der Waals surface area contributed by atoms with E-state index in [1.807, 2.05) is 56.3 Å². The smallest absolute Gasteiger partial charge is 0.246 e. The molecule has 0 saturated carbocycles. The topological polar surface area (TPSA) is 75.0 Å². The molecule has 0 spiro atoms. The number of guanidine groups is 1. The molecule has 1 aromatic carbocycles. The number of hydrogen-bond acceptors (Lipinski definition) is 4. The number of benzene rings is 1. The molecule has 2 aromatic rings. The molecular weight excluding hydrogens is 495 g/mol. The van der Waals surface area contributed by atoms with Crippen molar-refractivity contribution in [2.24, 2.45) is 12.0 Å². The molecule has 8 nitrogen and oxygen atoms in total. The van der Waals surface area contributed by atoms with Gasteiger partial charge in [0.2, 0.25) is 5.91 Å². The molecule has 1 aromatic heterocycles. The van der Waals surface area contributed by atoms with Gasteiger partial charge in [-0.25, -0.2) is 0 Å². The summed E-state index contributed by atoms with van der Waals surface area (Å²) in [6, 6.07) is 8.01. The van der Waals surface area contributed by atoms with E-state index < -0.39 is 0 Å². The van der Waals surface area contributed by atoms with E-state index >= 15 is 0 Å². The van der Waals surface area contributed by atoms with Crippen molar-refractivity contribution in [2.75, 3.05) is 44.2 Å². The van der Waals surface area contributed by atoms with Gasteiger partial charge in [0.05, 0.1) is 18.5 Å². The average Bonchev–Trinajstić information content (AvgIpc) is 3.14. The van der Waals surface area contributed by atoms with Gasteiger partial charge in [0.1, 0.15) is 12.3 Å². The number of aryl methyl sites for hydroxylation is 2. The van der Waals surface area contributed by atoms with Gasteiger partial charge in [-0.1, -0.05) is 18.2 Å². The molecule has 0 unspecified atom stereocenters. The van der Waals surface area contributed by atoms with Crippen molar-refractivity contribution in [3.8, 4) is 5.75 Å². The molecule has 1 N–H and O–H groups in total. The van der Waals surface area contributed by atoms with Crippen LogP contribution in [0.1, 0.15) is 18.9 Å². The number of nitrogens with zero attached hydrogens (tertiary/aromatic N) is 5. The number of amides is 1. The van der Waals surface area contributed by atoms with E-state index in [0.717, 1.165) is 42.5 Å². The minimum Gasteiger partial charge on any atom is -0.493 e. The normalized spacial score (nSPS) is 14.5. The maximum atomic E-state index is 12.6. The Morgan fingerprint density at radius 1 is 1.30 bits per heavy atom. The number of hydrogen-bond donors (Lipinski definition) is 1. The Labute approximate surface area is 195 Å². The van der Waals surface area contributed by atoms with Crippen LogP contribution in [0.4, 0.5) is 5.69 Å². The molecule has 0 bridgehead atoms. The maximum Gasteiger partial charge on any atom is 0.246 e. The van der Waals surface area contributed by atoms with Crippen LogP contribution < -0.4 is 15.0 Å². The highest BCUT2D eigenvalue weighted by molar-refractivity contribution is 14.0. The zero-order valence-corrected chi connectivity index (χ0v) is 20.2. The fourth-order valence-electron chi connectivity index (χ4n) is 3.25. The highest BCUT2D eigenvalue weighted by Gasteiger charge is 2.27. The second-order valence-corrected chi connectivity index (χ2v) is 7.04. The lowest BCUT2D eigenvalue weighted by Crippen LogP contribution is -2.55. The van der Waals surface area contributed by atoms with E-state index in [-0.39, 0.29) is 29.9 Å². The number of anilines is 1. The van der Waals surface area contributed by atoms with Gasteiger partial charge >= 0.3 is 0 Å². The SMILES string of the molecule is CCNC(=NCCCOc1ccccc1C)N1CCN(c2cnn(C)c2)C(=O)C1.I. The summed E-state index contributed by atoms with van der Waals surface area (Å²) >= 11 is 0.